The number of ether oxygens (including phenoxy) is 1. The molecule has 7 heteroatoms. The van der Waals surface area contributed by atoms with Gasteiger partial charge in [0.25, 0.3) is 11.8 Å². The zero-order valence-electron chi connectivity index (χ0n) is 16.1. The quantitative estimate of drug-likeness (QED) is 0.497. The van der Waals surface area contributed by atoms with Gasteiger partial charge in [-0.05, 0) is 43.3 Å². The van der Waals surface area contributed by atoms with Gasteiger partial charge in [0.1, 0.15) is 11.6 Å². The van der Waals surface area contributed by atoms with Gasteiger partial charge >= 0.3 is 0 Å². The summed E-state index contributed by atoms with van der Waals surface area (Å²) in [6.07, 6.45) is 0. The average molecular weight is 403 g/mol. The Kier molecular flexibility index (Phi) is 5.52. The summed E-state index contributed by atoms with van der Waals surface area (Å²) in [5.74, 6) is 0.449. The molecule has 0 bridgehead atoms. The third-order valence-corrected chi connectivity index (χ3v) is 4.34. The lowest BCUT2D eigenvalue weighted by atomic mass is 10.1. The standard InChI is InChI=1S/C23H18FN3O3/c1-15-6-8-16(9-7-15)22-26-23(30-27-22)19-4-2-3-5-20(19)29-14-21(28)25-18-12-10-17(24)11-13-18/h2-13H,14H2,1H3,(H,25,28). The maximum atomic E-state index is 13.0. The van der Waals surface area contributed by atoms with Crippen LogP contribution in [0.5, 0.6) is 5.75 Å². The summed E-state index contributed by atoms with van der Waals surface area (Å²) >= 11 is 0. The van der Waals surface area contributed by atoms with Gasteiger partial charge in [-0.25, -0.2) is 4.39 Å². The summed E-state index contributed by atoms with van der Waals surface area (Å²) in [7, 11) is 0. The van der Waals surface area contributed by atoms with Crippen molar-refractivity contribution >= 4 is 11.6 Å². The van der Waals surface area contributed by atoms with Crippen LogP contribution in [-0.4, -0.2) is 22.7 Å². The molecule has 6 nitrogen and oxygen atoms in total. The smallest absolute Gasteiger partial charge is 0.262 e. The summed E-state index contributed by atoms with van der Waals surface area (Å²) in [5.41, 5.74) is 3.05. The molecule has 1 N–H and O–H groups in total. The number of aromatic nitrogens is 2. The molecule has 0 atom stereocenters. The van der Waals surface area contributed by atoms with Crippen LogP contribution in [0.4, 0.5) is 10.1 Å². The zero-order valence-corrected chi connectivity index (χ0v) is 16.1. The monoisotopic (exact) mass is 403 g/mol. The highest BCUT2D eigenvalue weighted by molar-refractivity contribution is 5.91. The molecule has 0 fully saturated rings. The lowest BCUT2D eigenvalue weighted by Gasteiger charge is -2.09. The second-order valence-electron chi connectivity index (χ2n) is 6.63. The van der Waals surface area contributed by atoms with Crippen LogP contribution in [0, 0.1) is 12.7 Å². The highest BCUT2D eigenvalue weighted by Gasteiger charge is 2.15. The SMILES string of the molecule is Cc1ccc(-c2noc(-c3ccccc3OCC(=O)Nc3ccc(F)cc3)n2)cc1. The Labute approximate surface area is 172 Å². The van der Waals surface area contributed by atoms with Crippen molar-refractivity contribution in [3.8, 4) is 28.6 Å². The van der Waals surface area contributed by atoms with Crippen LogP contribution in [0.2, 0.25) is 0 Å². The minimum atomic E-state index is -0.373. The molecule has 4 rings (SSSR count). The number of anilines is 1. The third kappa shape index (κ3) is 4.52. The number of benzene rings is 3. The molecule has 0 radical (unpaired) electrons. The average Bonchev–Trinajstić information content (AvgIpc) is 3.25. The first-order valence-corrected chi connectivity index (χ1v) is 9.27. The molecule has 1 aromatic heterocycles. The normalized spacial score (nSPS) is 10.6. The molecule has 1 amide bonds. The summed E-state index contributed by atoms with van der Waals surface area (Å²) < 4.78 is 24.0. The maximum Gasteiger partial charge on any atom is 0.262 e. The number of aryl methyl sites for hydroxylation is 1. The van der Waals surface area contributed by atoms with Crippen LogP contribution in [0.15, 0.2) is 77.3 Å². The van der Waals surface area contributed by atoms with Crippen molar-refractivity contribution in [3.63, 3.8) is 0 Å². The molecule has 0 aliphatic heterocycles. The number of nitrogens with zero attached hydrogens (tertiary/aromatic N) is 2. The third-order valence-electron chi connectivity index (χ3n) is 4.34. The van der Waals surface area contributed by atoms with Crippen molar-refractivity contribution in [1.82, 2.24) is 10.1 Å². The maximum absolute atomic E-state index is 13.0. The molecular formula is C23H18FN3O3. The molecule has 0 saturated carbocycles. The first kappa shape index (κ1) is 19.3. The van der Waals surface area contributed by atoms with E-state index in [0.717, 1.165) is 11.1 Å². The van der Waals surface area contributed by atoms with Gasteiger partial charge in [0.15, 0.2) is 6.61 Å². The van der Waals surface area contributed by atoms with Crippen molar-refractivity contribution in [1.29, 1.82) is 0 Å². The van der Waals surface area contributed by atoms with Gasteiger partial charge < -0.3 is 14.6 Å². The highest BCUT2D eigenvalue weighted by Crippen LogP contribution is 2.30. The van der Waals surface area contributed by atoms with Gasteiger partial charge in [-0.2, -0.15) is 4.98 Å². The van der Waals surface area contributed by atoms with Gasteiger partial charge in [-0.1, -0.05) is 47.1 Å². The van der Waals surface area contributed by atoms with Crippen LogP contribution in [-0.2, 0) is 4.79 Å². The first-order chi connectivity index (χ1) is 14.6. The van der Waals surface area contributed by atoms with Crippen molar-refractivity contribution in [2.45, 2.75) is 6.92 Å². The van der Waals surface area contributed by atoms with E-state index in [0.29, 0.717) is 28.7 Å². The number of rotatable bonds is 6. The Morgan fingerprint density at radius 1 is 1.03 bits per heavy atom. The number of amides is 1. The van der Waals surface area contributed by atoms with Crippen molar-refractivity contribution < 1.29 is 18.4 Å². The Morgan fingerprint density at radius 3 is 2.53 bits per heavy atom. The van der Waals surface area contributed by atoms with Crippen LogP contribution in [0.3, 0.4) is 0 Å². The topological polar surface area (TPSA) is 77.2 Å². The number of nitrogens with one attached hydrogen (secondary N) is 1. The summed E-state index contributed by atoms with van der Waals surface area (Å²) in [5, 5.41) is 6.69. The Balaban J connectivity index is 1.47. The van der Waals surface area contributed by atoms with Gasteiger partial charge in [0.05, 0.1) is 5.56 Å². The lowest BCUT2D eigenvalue weighted by Crippen LogP contribution is -2.20. The predicted molar refractivity (Wildman–Crippen MR) is 110 cm³/mol. The minimum absolute atomic E-state index is 0.229. The molecule has 0 saturated heterocycles. The second kappa shape index (κ2) is 8.57. The Bertz CT molecular complexity index is 1160. The number of para-hydroxylation sites is 1. The van der Waals surface area contributed by atoms with E-state index < -0.39 is 0 Å². The minimum Gasteiger partial charge on any atom is -0.483 e. The highest BCUT2D eigenvalue weighted by atomic mass is 19.1. The van der Waals surface area contributed by atoms with E-state index in [1.807, 2.05) is 37.3 Å². The molecule has 0 unspecified atom stereocenters. The Hall–Kier alpha value is -4.00. The van der Waals surface area contributed by atoms with E-state index in [1.165, 1.54) is 24.3 Å². The first-order valence-electron chi connectivity index (χ1n) is 9.27. The van der Waals surface area contributed by atoms with E-state index >= 15 is 0 Å². The second-order valence-corrected chi connectivity index (χ2v) is 6.63. The largest absolute Gasteiger partial charge is 0.483 e. The van der Waals surface area contributed by atoms with E-state index in [2.05, 4.69) is 15.5 Å². The van der Waals surface area contributed by atoms with Crippen LogP contribution < -0.4 is 10.1 Å². The fourth-order valence-corrected chi connectivity index (χ4v) is 2.80. The van der Waals surface area contributed by atoms with Gasteiger partial charge in [0, 0.05) is 11.3 Å². The van der Waals surface area contributed by atoms with E-state index in [9.17, 15) is 9.18 Å². The van der Waals surface area contributed by atoms with E-state index in [1.54, 1.807) is 18.2 Å². The number of hydrogen-bond acceptors (Lipinski definition) is 5. The van der Waals surface area contributed by atoms with E-state index in [4.69, 9.17) is 9.26 Å². The van der Waals surface area contributed by atoms with Crippen LogP contribution in [0.25, 0.3) is 22.8 Å². The molecule has 1 heterocycles. The van der Waals surface area contributed by atoms with Gasteiger partial charge in [-0.15, -0.1) is 0 Å². The number of carbonyl (C=O) groups excluding carboxylic acids is 1. The molecule has 0 aliphatic carbocycles. The van der Waals surface area contributed by atoms with Gasteiger partial charge in [-0.3, -0.25) is 4.79 Å². The molecular weight excluding hydrogens is 385 g/mol. The Morgan fingerprint density at radius 2 is 1.77 bits per heavy atom. The predicted octanol–water partition coefficient (Wildman–Crippen LogP) is 4.87. The summed E-state index contributed by atoms with van der Waals surface area (Å²) in [6, 6.07) is 20.4. The summed E-state index contributed by atoms with van der Waals surface area (Å²) in [6.45, 7) is 1.78. The summed E-state index contributed by atoms with van der Waals surface area (Å²) in [4.78, 5) is 16.6. The number of halogens is 1. The molecule has 150 valence electrons. The zero-order chi connectivity index (χ0) is 20.9. The number of hydrogen-bond donors (Lipinski definition) is 1. The molecule has 0 spiro atoms. The fourth-order valence-electron chi connectivity index (χ4n) is 2.80. The van der Waals surface area contributed by atoms with Crippen molar-refractivity contribution in [3.05, 3.63) is 84.2 Å². The fraction of sp³-hybridized carbons (Fsp3) is 0.0870. The molecule has 4 aromatic rings. The van der Waals surface area contributed by atoms with E-state index in [-0.39, 0.29) is 18.3 Å². The van der Waals surface area contributed by atoms with Crippen molar-refractivity contribution in [2.24, 2.45) is 0 Å². The lowest BCUT2D eigenvalue weighted by molar-refractivity contribution is -0.118. The molecule has 0 aliphatic rings. The van der Waals surface area contributed by atoms with Crippen LogP contribution >= 0.6 is 0 Å². The van der Waals surface area contributed by atoms with Gasteiger partial charge in [0.2, 0.25) is 5.82 Å². The van der Waals surface area contributed by atoms with Crippen LogP contribution in [0.1, 0.15) is 5.56 Å². The molecule has 30 heavy (non-hydrogen) atoms. The number of carbonyl (C=O) groups is 1. The van der Waals surface area contributed by atoms with Crippen molar-refractivity contribution in [2.75, 3.05) is 11.9 Å². The molecule has 3 aromatic carbocycles.